The number of carbonyl (C=O) groups excluding carboxylic acids is 2. The molecule has 0 heterocycles. The van der Waals surface area contributed by atoms with E-state index in [4.69, 9.17) is 11.6 Å². The highest BCUT2D eigenvalue weighted by Crippen LogP contribution is 2.10. The molecule has 0 aromatic heterocycles. The lowest BCUT2D eigenvalue weighted by atomic mass is 10.2. The standard InChI is InChI=1S/C18H19ClN2O4S/c1-13-2-8-16(9-3-13)21-18(23)12-26(24,25)11-17(22)20-10-14-4-6-15(19)7-5-14/h2-9H,10-12H2,1H3,(H,20,22)(H,21,23). The van der Waals surface area contributed by atoms with E-state index in [0.29, 0.717) is 10.7 Å². The van der Waals surface area contributed by atoms with Crippen LogP contribution in [-0.4, -0.2) is 31.7 Å². The first-order valence-electron chi connectivity index (χ1n) is 7.81. The van der Waals surface area contributed by atoms with Gasteiger partial charge in [0.15, 0.2) is 9.84 Å². The number of rotatable bonds is 7. The van der Waals surface area contributed by atoms with Gasteiger partial charge < -0.3 is 10.6 Å². The molecule has 0 bridgehead atoms. The lowest BCUT2D eigenvalue weighted by Gasteiger charge is -2.08. The summed E-state index contributed by atoms with van der Waals surface area (Å²) in [7, 11) is -3.86. The molecule has 0 fully saturated rings. The van der Waals surface area contributed by atoms with Crippen molar-refractivity contribution in [1.82, 2.24) is 5.32 Å². The molecule has 2 aromatic rings. The summed E-state index contributed by atoms with van der Waals surface area (Å²) in [4.78, 5) is 23.7. The van der Waals surface area contributed by atoms with Gasteiger partial charge in [-0.15, -0.1) is 0 Å². The highest BCUT2D eigenvalue weighted by molar-refractivity contribution is 7.92. The number of hydrogen-bond acceptors (Lipinski definition) is 4. The van der Waals surface area contributed by atoms with Gasteiger partial charge >= 0.3 is 0 Å². The second kappa shape index (κ2) is 8.82. The molecule has 0 spiro atoms. The number of nitrogens with one attached hydrogen (secondary N) is 2. The molecule has 0 unspecified atom stereocenters. The first kappa shape index (κ1) is 19.9. The molecule has 0 aliphatic carbocycles. The van der Waals surface area contributed by atoms with Crippen LogP contribution >= 0.6 is 11.6 Å². The number of carbonyl (C=O) groups is 2. The predicted octanol–water partition coefficient (Wildman–Crippen LogP) is 2.32. The molecule has 6 nitrogen and oxygen atoms in total. The molecular weight excluding hydrogens is 376 g/mol. The number of hydrogen-bond donors (Lipinski definition) is 2. The summed E-state index contributed by atoms with van der Waals surface area (Å²) >= 11 is 5.77. The van der Waals surface area contributed by atoms with Crippen LogP contribution in [0.25, 0.3) is 0 Å². The zero-order valence-electron chi connectivity index (χ0n) is 14.2. The molecule has 2 N–H and O–H groups in total. The van der Waals surface area contributed by atoms with Crippen LogP contribution in [0.2, 0.25) is 5.02 Å². The second-order valence-electron chi connectivity index (χ2n) is 5.85. The van der Waals surface area contributed by atoms with Gasteiger partial charge in [0.2, 0.25) is 11.8 Å². The minimum Gasteiger partial charge on any atom is -0.351 e. The molecule has 138 valence electrons. The first-order valence-corrected chi connectivity index (χ1v) is 10.0. The Kier molecular flexibility index (Phi) is 6.76. The van der Waals surface area contributed by atoms with Crippen LogP contribution in [0.5, 0.6) is 0 Å². The summed E-state index contributed by atoms with van der Waals surface area (Å²) in [6.07, 6.45) is 0. The molecule has 0 radical (unpaired) electrons. The summed E-state index contributed by atoms with van der Waals surface area (Å²) in [5, 5.41) is 5.58. The maximum atomic E-state index is 12.0. The number of sulfone groups is 1. The van der Waals surface area contributed by atoms with Gasteiger partial charge in [-0.05, 0) is 36.8 Å². The van der Waals surface area contributed by atoms with Crippen molar-refractivity contribution in [3.63, 3.8) is 0 Å². The molecule has 0 saturated carbocycles. The Morgan fingerprint density at radius 1 is 0.923 bits per heavy atom. The highest BCUT2D eigenvalue weighted by Gasteiger charge is 2.20. The smallest absolute Gasteiger partial charge is 0.239 e. The highest BCUT2D eigenvalue weighted by atomic mass is 35.5. The fourth-order valence-corrected chi connectivity index (χ4v) is 3.34. The fraction of sp³-hybridized carbons (Fsp3) is 0.222. The van der Waals surface area contributed by atoms with Crippen LogP contribution in [0.4, 0.5) is 5.69 Å². The van der Waals surface area contributed by atoms with E-state index in [0.717, 1.165) is 11.1 Å². The molecular formula is C18H19ClN2O4S. The summed E-state index contributed by atoms with van der Waals surface area (Å²) in [6.45, 7) is 2.08. The van der Waals surface area contributed by atoms with Crippen molar-refractivity contribution in [2.45, 2.75) is 13.5 Å². The lowest BCUT2D eigenvalue weighted by molar-refractivity contribution is -0.118. The van der Waals surface area contributed by atoms with Gasteiger partial charge in [0.25, 0.3) is 0 Å². The monoisotopic (exact) mass is 394 g/mol. The van der Waals surface area contributed by atoms with Gasteiger partial charge in [-0.25, -0.2) is 8.42 Å². The third-order valence-corrected chi connectivity index (χ3v) is 5.10. The van der Waals surface area contributed by atoms with E-state index in [2.05, 4.69) is 10.6 Å². The van der Waals surface area contributed by atoms with Crippen LogP contribution in [0.3, 0.4) is 0 Å². The lowest BCUT2D eigenvalue weighted by Crippen LogP contribution is -2.33. The molecule has 8 heteroatoms. The SMILES string of the molecule is Cc1ccc(NC(=O)CS(=O)(=O)CC(=O)NCc2ccc(Cl)cc2)cc1. The van der Waals surface area contributed by atoms with E-state index in [1.165, 1.54) is 0 Å². The zero-order valence-corrected chi connectivity index (χ0v) is 15.7. The van der Waals surface area contributed by atoms with Gasteiger partial charge in [-0.3, -0.25) is 9.59 Å². The summed E-state index contributed by atoms with van der Waals surface area (Å²) in [5.41, 5.74) is 2.31. The topological polar surface area (TPSA) is 92.3 Å². The van der Waals surface area contributed by atoms with Gasteiger partial charge in [-0.1, -0.05) is 41.4 Å². The van der Waals surface area contributed by atoms with Crippen LogP contribution < -0.4 is 10.6 Å². The average molecular weight is 395 g/mol. The number of halogens is 1. The number of aryl methyl sites for hydroxylation is 1. The quantitative estimate of drug-likeness (QED) is 0.753. The summed E-state index contributed by atoms with van der Waals surface area (Å²) < 4.78 is 24.0. The largest absolute Gasteiger partial charge is 0.351 e. The maximum absolute atomic E-state index is 12.0. The van der Waals surface area contributed by atoms with E-state index in [9.17, 15) is 18.0 Å². The average Bonchev–Trinajstić information content (AvgIpc) is 2.55. The molecule has 2 aromatic carbocycles. The van der Waals surface area contributed by atoms with E-state index in [1.54, 1.807) is 48.5 Å². The minimum atomic E-state index is -3.86. The maximum Gasteiger partial charge on any atom is 0.239 e. The van der Waals surface area contributed by atoms with E-state index < -0.39 is 33.2 Å². The van der Waals surface area contributed by atoms with Gasteiger partial charge in [0.05, 0.1) is 0 Å². The summed E-state index contributed by atoms with van der Waals surface area (Å²) in [6, 6.07) is 13.8. The Balaban J connectivity index is 1.82. The van der Waals surface area contributed by atoms with Gasteiger partial charge in [0.1, 0.15) is 11.5 Å². The van der Waals surface area contributed by atoms with E-state index in [-0.39, 0.29) is 6.54 Å². The molecule has 0 saturated heterocycles. The van der Waals surface area contributed by atoms with E-state index in [1.807, 2.05) is 6.92 Å². The third kappa shape index (κ3) is 6.85. The molecule has 26 heavy (non-hydrogen) atoms. The van der Waals surface area contributed by atoms with E-state index >= 15 is 0 Å². The molecule has 2 amide bonds. The molecule has 2 rings (SSSR count). The Hall–Kier alpha value is -2.38. The van der Waals surface area contributed by atoms with Crippen LogP contribution in [0.1, 0.15) is 11.1 Å². The van der Waals surface area contributed by atoms with Crippen molar-refractivity contribution >= 4 is 38.9 Å². The van der Waals surface area contributed by atoms with Crippen molar-refractivity contribution < 1.29 is 18.0 Å². The van der Waals surface area contributed by atoms with Crippen LogP contribution in [0.15, 0.2) is 48.5 Å². The first-order chi connectivity index (χ1) is 12.2. The van der Waals surface area contributed by atoms with Crippen molar-refractivity contribution in [3.8, 4) is 0 Å². The second-order valence-corrected chi connectivity index (χ2v) is 8.35. The molecule has 0 atom stereocenters. The number of amides is 2. The predicted molar refractivity (Wildman–Crippen MR) is 102 cm³/mol. The Labute approximate surface area is 157 Å². The Morgan fingerprint density at radius 3 is 2.12 bits per heavy atom. The zero-order chi connectivity index (χ0) is 19.2. The fourth-order valence-electron chi connectivity index (χ4n) is 2.14. The summed E-state index contributed by atoms with van der Waals surface area (Å²) in [5.74, 6) is -2.85. The minimum absolute atomic E-state index is 0.182. The molecule has 0 aliphatic rings. The van der Waals surface area contributed by atoms with Gasteiger partial charge in [-0.2, -0.15) is 0 Å². The van der Waals surface area contributed by atoms with Crippen LogP contribution in [-0.2, 0) is 26.0 Å². The third-order valence-electron chi connectivity index (χ3n) is 3.44. The Morgan fingerprint density at radius 2 is 1.50 bits per heavy atom. The number of benzene rings is 2. The van der Waals surface area contributed by atoms with Crippen molar-refractivity contribution in [1.29, 1.82) is 0 Å². The van der Waals surface area contributed by atoms with Crippen molar-refractivity contribution in [3.05, 3.63) is 64.7 Å². The van der Waals surface area contributed by atoms with Crippen molar-refractivity contribution in [2.75, 3.05) is 16.8 Å². The number of anilines is 1. The van der Waals surface area contributed by atoms with Crippen molar-refractivity contribution in [2.24, 2.45) is 0 Å². The van der Waals surface area contributed by atoms with Gasteiger partial charge in [0, 0.05) is 17.3 Å². The molecule has 0 aliphatic heterocycles. The normalized spacial score (nSPS) is 11.0. The Bertz CT molecular complexity index is 878. The van der Waals surface area contributed by atoms with Crippen LogP contribution in [0, 0.1) is 6.92 Å².